The topological polar surface area (TPSA) is 130 Å². The number of nitrogens with zero attached hydrogens (tertiary/aromatic N) is 1. The SMILES string of the molecule is CC(C)CC(NC(=O)OCc1ccccc1)C(=O)NC(Cc1cscn1)C(=O)NO. The minimum absolute atomic E-state index is 0.0715. The zero-order chi connectivity index (χ0) is 21.9. The maximum atomic E-state index is 12.8. The fraction of sp³-hybridized carbons (Fsp3) is 0.400. The van der Waals surface area contributed by atoms with Crippen LogP contribution in [-0.4, -0.2) is 40.2 Å². The number of thiazole rings is 1. The molecule has 9 nitrogen and oxygen atoms in total. The zero-order valence-corrected chi connectivity index (χ0v) is 17.6. The molecule has 2 unspecified atom stereocenters. The number of hydrogen-bond donors (Lipinski definition) is 4. The Balaban J connectivity index is 1.99. The lowest BCUT2D eigenvalue weighted by atomic mass is 10.0. The van der Waals surface area contributed by atoms with Gasteiger partial charge in [-0.2, -0.15) is 0 Å². The normalized spacial score (nSPS) is 12.7. The van der Waals surface area contributed by atoms with E-state index in [1.165, 1.54) is 11.3 Å². The number of nitrogens with one attached hydrogen (secondary N) is 3. The number of benzene rings is 1. The maximum Gasteiger partial charge on any atom is 0.408 e. The van der Waals surface area contributed by atoms with Gasteiger partial charge in [0.25, 0.3) is 5.91 Å². The molecule has 4 N–H and O–H groups in total. The van der Waals surface area contributed by atoms with Crippen LogP contribution in [0.5, 0.6) is 0 Å². The predicted molar refractivity (Wildman–Crippen MR) is 111 cm³/mol. The maximum absolute atomic E-state index is 12.8. The Morgan fingerprint density at radius 1 is 1.10 bits per heavy atom. The molecule has 1 aromatic heterocycles. The van der Waals surface area contributed by atoms with E-state index in [0.29, 0.717) is 12.1 Å². The molecular formula is C20H26N4O5S. The van der Waals surface area contributed by atoms with Gasteiger partial charge in [-0.05, 0) is 17.9 Å². The van der Waals surface area contributed by atoms with E-state index >= 15 is 0 Å². The van der Waals surface area contributed by atoms with Crippen molar-refractivity contribution >= 4 is 29.2 Å². The van der Waals surface area contributed by atoms with E-state index in [-0.39, 0.29) is 18.9 Å². The summed E-state index contributed by atoms with van der Waals surface area (Å²) in [4.78, 5) is 41.1. The van der Waals surface area contributed by atoms with Crippen LogP contribution in [0.1, 0.15) is 31.5 Å². The van der Waals surface area contributed by atoms with Crippen molar-refractivity contribution in [3.8, 4) is 0 Å². The van der Waals surface area contributed by atoms with Crippen molar-refractivity contribution < 1.29 is 24.3 Å². The lowest BCUT2D eigenvalue weighted by Gasteiger charge is -2.23. The first-order chi connectivity index (χ1) is 14.4. The van der Waals surface area contributed by atoms with Crippen molar-refractivity contribution in [3.63, 3.8) is 0 Å². The molecular weight excluding hydrogens is 408 g/mol. The Labute approximate surface area is 178 Å². The number of alkyl carbamates (subject to hydrolysis) is 1. The van der Waals surface area contributed by atoms with Crippen molar-refractivity contribution in [2.45, 2.75) is 45.4 Å². The molecule has 2 atom stereocenters. The minimum atomic E-state index is -1.04. The quantitative estimate of drug-likeness (QED) is 0.334. The number of carbonyl (C=O) groups excluding carboxylic acids is 3. The summed E-state index contributed by atoms with van der Waals surface area (Å²) >= 11 is 1.35. The molecule has 1 aromatic carbocycles. The van der Waals surface area contributed by atoms with Gasteiger partial charge in [-0.15, -0.1) is 11.3 Å². The third-order valence-corrected chi connectivity index (χ3v) is 4.80. The van der Waals surface area contributed by atoms with Crippen LogP contribution >= 0.6 is 11.3 Å². The second-order valence-corrected chi connectivity index (χ2v) is 7.83. The Bertz CT molecular complexity index is 814. The third-order valence-electron chi connectivity index (χ3n) is 4.17. The second kappa shape index (κ2) is 11.9. The number of rotatable bonds is 10. The number of aromatic nitrogens is 1. The highest BCUT2D eigenvalue weighted by molar-refractivity contribution is 7.07. The molecule has 2 rings (SSSR count). The number of hydrogen-bond acceptors (Lipinski definition) is 7. The molecule has 0 aliphatic carbocycles. The van der Waals surface area contributed by atoms with Crippen molar-refractivity contribution in [2.75, 3.05) is 0 Å². The Morgan fingerprint density at radius 2 is 1.83 bits per heavy atom. The molecule has 0 aliphatic heterocycles. The molecule has 10 heteroatoms. The van der Waals surface area contributed by atoms with Crippen LogP contribution in [0.3, 0.4) is 0 Å². The van der Waals surface area contributed by atoms with Gasteiger partial charge < -0.3 is 15.4 Å². The van der Waals surface area contributed by atoms with Gasteiger partial charge in [0, 0.05) is 11.8 Å². The van der Waals surface area contributed by atoms with Crippen LogP contribution in [0.2, 0.25) is 0 Å². The van der Waals surface area contributed by atoms with Crippen molar-refractivity contribution in [1.29, 1.82) is 0 Å². The Kier molecular flexibility index (Phi) is 9.23. The van der Waals surface area contributed by atoms with E-state index in [4.69, 9.17) is 9.94 Å². The molecule has 0 aliphatic rings. The summed E-state index contributed by atoms with van der Waals surface area (Å²) in [5, 5.41) is 15.9. The second-order valence-electron chi connectivity index (χ2n) is 7.11. The fourth-order valence-electron chi connectivity index (χ4n) is 2.72. The van der Waals surface area contributed by atoms with E-state index in [9.17, 15) is 14.4 Å². The van der Waals surface area contributed by atoms with E-state index in [2.05, 4.69) is 15.6 Å². The average molecular weight is 435 g/mol. The van der Waals surface area contributed by atoms with Gasteiger partial charge in [-0.3, -0.25) is 14.8 Å². The van der Waals surface area contributed by atoms with Crippen LogP contribution in [0.4, 0.5) is 4.79 Å². The molecule has 0 saturated heterocycles. The molecule has 0 radical (unpaired) electrons. The monoisotopic (exact) mass is 434 g/mol. The summed E-state index contributed by atoms with van der Waals surface area (Å²) < 4.78 is 5.19. The lowest BCUT2D eigenvalue weighted by Crippen LogP contribution is -2.54. The summed E-state index contributed by atoms with van der Waals surface area (Å²) in [6, 6.07) is 7.22. The molecule has 30 heavy (non-hydrogen) atoms. The Morgan fingerprint density at radius 3 is 2.43 bits per heavy atom. The average Bonchev–Trinajstić information content (AvgIpc) is 3.24. The Hall–Kier alpha value is -2.98. The standard InChI is InChI=1S/C20H26N4O5S/c1-13(2)8-16(23-20(27)29-10-14-6-4-3-5-7-14)18(25)22-17(19(26)24-28)9-15-11-30-12-21-15/h3-7,11-13,16-17,28H,8-10H2,1-2H3,(H,22,25)(H,23,27)(H,24,26). The first kappa shape index (κ1) is 23.3. The van der Waals surface area contributed by atoms with Crippen LogP contribution < -0.4 is 16.1 Å². The van der Waals surface area contributed by atoms with Crippen molar-refractivity contribution in [1.82, 2.24) is 21.1 Å². The van der Waals surface area contributed by atoms with Gasteiger partial charge in [0.1, 0.15) is 18.7 Å². The smallest absolute Gasteiger partial charge is 0.408 e. The van der Waals surface area contributed by atoms with Gasteiger partial charge in [-0.1, -0.05) is 44.2 Å². The van der Waals surface area contributed by atoms with Crippen LogP contribution in [0.15, 0.2) is 41.2 Å². The molecule has 0 bridgehead atoms. The van der Waals surface area contributed by atoms with Gasteiger partial charge in [0.05, 0.1) is 11.2 Å². The van der Waals surface area contributed by atoms with Crippen molar-refractivity contribution in [3.05, 3.63) is 52.5 Å². The van der Waals surface area contributed by atoms with Crippen LogP contribution in [0.25, 0.3) is 0 Å². The van der Waals surface area contributed by atoms with Gasteiger partial charge in [0.2, 0.25) is 5.91 Å². The summed E-state index contributed by atoms with van der Waals surface area (Å²) in [5.74, 6) is -1.23. The summed E-state index contributed by atoms with van der Waals surface area (Å²) in [6.07, 6.45) is -0.285. The lowest BCUT2D eigenvalue weighted by molar-refractivity contribution is -0.135. The highest BCUT2D eigenvalue weighted by Crippen LogP contribution is 2.09. The molecule has 3 amide bonds. The first-order valence-electron chi connectivity index (χ1n) is 9.47. The van der Waals surface area contributed by atoms with Crippen LogP contribution in [-0.2, 0) is 27.4 Å². The number of ether oxygens (including phenoxy) is 1. The summed E-state index contributed by atoms with van der Waals surface area (Å²) in [6.45, 7) is 3.89. The first-order valence-corrected chi connectivity index (χ1v) is 10.4. The minimum Gasteiger partial charge on any atom is -0.445 e. The predicted octanol–water partition coefficient (Wildman–Crippen LogP) is 2.02. The summed E-state index contributed by atoms with van der Waals surface area (Å²) in [5.41, 5.74) is 4.58. The van der Waals surface area contributed by atoms with Gasteiger partial charge >= 0.3 is 6.09 Å². The van der Waals surface area contributed by atoms with Crippen molar-refractivity contribution in [2.24, 2.45) is 5.92 Å². The highest BCUT2D eigenvalue weighted by atomic mass is 32.1. The van der Waals surface area contributed by atoms with E-state index in [1.54, 1.807) is 16.4 Å². The third kappa shape index (κ3) is 7.80. The van der Waals surface area contributed by atoms with E-state index in [0.717, 1.165) is 5.56 Å². The number of carbonyl (C=O) groups is 3. The largest absolute Gasteiger partial charge is 0.445 e. The van der Waals surface area contributed by atoms with E-state index in [1.807, 2.05) is 44.2 Å². The molecule has 0 fully saturated rings. The molecule has 162 valence electrons. The zero-order valence-electron chi connectivity index (χ0n) is 16.8. The van der Waals surface area contributed by atoms with Gasteiger partial charge in [0.15, 0.2) is 0 Å². The number of amides is 3. The fourth-order valence-corrected chi connectivity index (χ4v) is 3.29. The van der Waals surface area contributed by atoms with E-state index < -0.39 is 30.0 Å². The number of hydroxylamine groups is 1. The molecule has 2 aromatic rings. The molecule has 0 saturated carbocycles. The highest BCUT2D eigenvalue weighted by Gasteiger charge is 2.28. The molecule has 1 heterocycles. The van der Waals surface area contributed by atoms with Gasteiger partial charge in [-0.25, -0.2) is 15.3 Å². The van der Waals surface area contributed by atoms with Crippen LogP contribution in [0, 0.1) is 5.92 Å². The molecule has 0 spiro atoms. The summed E-state index contributed by atoms with van der Waals surface area (Å²) in [7, 11) is 0.